The number of rotatable bonds is 5. The number of hydrogen-bond donors (Lipinski definition) is 0. The summed E-state index contributed by atoms with van der Waals surface area (Å²) in [6.07, 6.45) is 0. The highest BCUT2D eigenvalue weighted by Crippen LogP contribution is 2.32. The Morgan fingerprint density at radius 2 is 1.77 bits per heavy atom. The van der Waals surface area contributed by atoms with E-state index >= 15 is 0 Å². The molecule has 0 amide bonds. The highest BCUT2D eigenvalue weighted by atomic mass is 79.9. The summed E-state index contributed by atoms with van der Waals surface area (Å²) in [5.74, 6) is 0. The molecule has 2 rings (SSSR count). The van der Waals surface area contributed by atoms with Gasteiger partial charge in [-0.25, -0.2) is 8.42 Å². The van der Waals surface area contributed by atoms with Gasteiger partial charge >= 0.3 is 0 Å². The van der Waals surface area contributed by atoms with Crippen molar-refractivity contribution in [1.82, 2.24) is 0 Å². The molecular weight excluding hydrogens is 413 g/mol. The van der Waals surface area contributed by atoms with Gasteiger partial charge in [0.1, 0.15) is 6.54 Å². The molecule has 0 spiro atoms. The lowest BCUT2D eigenvalue weighted by molar-refractivity contribution is -0.110. The zero-order valence-corrected chi connectivity index (χ0v) is 15.0. The number of benzene rings is 2. The summed E-state index contributed by atoms with van der Waals surface area (Å²) in [5, 5.41) is -0.620. The van der Waals surface area contributed by atoms with Crippen LogP contribution in [0.5, 0.6) is 0 Å². The molecule has 0 saturated carbocycles. The third kappa shape index (κ3) is 3.81. The van der Waals surface area contributed by atoms with E-state index in [1.807, 2.05) is 0 Å². The first kappa shape index (κ1) is 17.3. The van der Waals surface area contributed by atoms with Gasteiger partial charge in [0.2, 0.25) is 5.24 Å². The number of nitrogens with zero attached hydrogens (tertiary/aromatic N) is 1. The number of halogens is 3. The van der Waals surface area contributed by atoms with E-state index in [2.05, 4.69) is 15.9 Å². The van der Waals surface area contributed by atoms with Crippen molar-refractivity contribution in [2.45, 2.75) is 4.90 Å². The first-order valence-electron chi connectivity index (χ1n) is 6.03. The topological polar surface area (TPSA) is 54.5 Å². The summed E-state index contributed by atoms with van der Waals surface area (Å²) in [7, 11) is -3.96. The summed E-state index contributed by atoms with van der Waals surface area (Å²) in [6.45, 7) is -0.514. The Bertz CT molecular complexity index is 797. The minimum absolute atomic E-state index is 0.0481. The van der Waals surface area contributed by atoms with Crippen LogP contribution in [0.15, 0.2) is 57.9 Å². The predicted molar refractivity (Wildman–Crippen MR) is 91.0 cm³/mol. The van der Waals surface area contributed by atoms with Crippen molar-refractivity contribution in [2.75, 3.05) is 10.8 Å². The zero-order chi connectivity index (χ0) is 16.3. The van der Waals surface area contributed by atoms with Crippen LogP contribution in [0, 0.1) is 0 Å². The fourth-order valence-electron chi connectivity index (χ4n) is 1.82. The second-order valence-corrected chi connectivity index (χ2v) is 7.88. The van der Waals surface area contributed by atoms with Crippen LogP contribution in [0.3, 0.4) is 0 Å². The molecule has 0 unspecified atom stereocenters. The lowest BCUT2D eigenvalue weighted by Gasteiger charge is -2.24. The molecular formula is C14H10BrCl2NO3S. The first-order valence-corrected chi connectivity index (χ1v) is 9.02. The molecule has 0 atom stereocenters. The van der Waals surface area contributed by atoms with Crippen LogP contribution in [-0.4, -0.2) is 20.2 Å². The summed E-state index contributed by atoms with van der Waals surface area (Å²) in [5.41, 5.74) is 0.183. The second-order valence-electron chi connectivity index (χ2n) is 4.28. The summed E-state index contributed by atoms with van der Waals surface area (Å²) in [6, 6.07) is 12.4. The average molecular weight is 423 g/mol. The van der Waals surface area contributed by atoms with Crippen LogP contribution in [0.25, 0.3) is 0 Å². The number of carbonyl (C=O) groups excluding carboxylic acids is 1. The van der Waals surface area contributed by atoms with E-state index in [1.165, 1.54) is 18.2 Å². The van der Waals surface area contributed by atoms with Gasteiger partial charge in [-0.1, -0.05) is 45.7 Å². The Balaban J connectivity index is 2.58. The smallest absolute Gasteiger partial charge is 0.264 e. The Morgan fingerprint density at radius 3 is 2.32 bits per heavy atom. The van der Waals surface area contributed by atoms with Crippen molar-refractivity contribution in [3.8, 4) is 0 Å². The quantitative estimate of drug-likeness (QED) is 0.682. The van der Waals surface area contributed by atoms with Crippen molar-refractivity contribution in [1.29, 1.82) is 0 Å². The van der Waals surface area contributed by atoms with Gasteiger partial charge in [-0.15, -0.1) is 0 Å². The number of carbonyl (C=O) groups is 1. The van der Waals surface area contributed by atoms with Crippen molar-refractivity contribution in [3.63, 3.8) is 0 Å². The van der Waals surface area contributed by atoms with Gasteiger partial charge in [0, 0.05) is 4.47 Å². The predicted octanol–water partition coefficient (Wildman–Crippen LogP) is 4.06. The maximum absolute atomic E-state index is 12.8. The van der Waals surface area contributed by atoms with E-state index < -0.39 is 21.8 Å². The van der Waals surface area contributed by atoms with E-state index in [0.29, 0.717) is 4.47 Å². The Labute approximate surface area is 146 Å². The van der Waals surface area contributed by atoms with Gasteiger partial charge in [-0.3, -0.25) is 9.10 Å². The molecule has 116 valence electrons. The minimum Gasteiger partial charge on any atom is -0.279 e. The molecule has 4 nitrogen and oxygen atoms in total. The summed E-state index contributed by atoms with van der Waals surface area (Å²) < 4.78 is 27.1. The molecule has 2 aromatic rings. The molecule has 0 fully saturated rings. The fraction of sp³-hybridized carbons (Fsp3) is 0.0714. The fourth-order valence-corrected chi connectivity index (χ4v) is 4.29. The molecule has 0 aliphatic carbocycles. The Morgan fingerprint density at radius 1 is 1.14 bits per heavy atom. The average Bonchev–Trinajstić information content (AvgIpc) is 2.46. The zero-order valence-electron chi connectivity index (χ0n) is 11.0. The molecule has 0 bridgehead atoms. The second kappa shape index (κ2) is 7.00. The molecule has 0 radical (unpaired) electrons. The Kier molecular flexibility index (Phi) is 5.50. The highest BCUT2D eigenvalue weighted by Gasteiger charge is 2.28. The maximum Gasteiger partial charge on any atom is 0.264 e. The normalized spacial score (nSPS) is 11.2. The molecule has 0 aliphatic heterocycles. The Hall–Kier alpha value is -1.08. The number of hydrogen-bond acceptors (Lipinski definition) is 3. The van der Waals surface area contributed by atoms with Gasteiger partial charge in [0.15, 0.2) is 0 Å². The van der Waals surface area contributed by atoms with E-state index in [4.69, 9.17) is 23.2 Å². The summed E-state index contributed by atoms with van der Waals surface area (Å²) in [4.78, 5) is 11.3. The van der Waals surface area contributed by atoms with Gasteiger partial charge in [0.25, 0.3) is 10.0 Å². The van der Waals surface area contributed by atoms with Crippen LogP contribution in [0.2, 0.25) is 5.02 Å². The molecule has 2 aromatic carbocycles. The van der Waals surface area contributed by atoms with Crippen LogP contribution < -0.4 is 4.31 Å². The van der Waals surface area contributed by atoms with Crippen molar-refractivity contribution in [3.05, 3.63) is 58.0 Å². The first-order chi connectivity index (χ1) is 10.3. The van der Waals surface area contributed by atoms with E-state index in [0.717, 1.165) is 4.31 Å². The van der Waals surface area contributed by atoms with Gasteiger partial charge in [0.05, 0.1) is 15.6 Å². The van der Waals surface area contributed by atoms with Crippen LogP contribution in [0.4, 0.5) is 5.69 Å². The summed E-state index contributed by atoms with van der Waals surface area (Å²) >= 11 is 14.8. The molecule has 0 aliphatic rings. The minimum atomic E-state index is -3.96. The van der Waals surface area contributed by atoms with Gasteiger partial charge in [-0.05, 0) is 41.9 Å². The SMILES string of the molecule is O=C(Cl)CN(c1ccc(Br)cc1Cl)S(=O)(=O)c1ccccc1. The maximum atomic E-state index is 12.8. The van der Waals surface area contributed by atoms with Crippen molar-refractivity contribution < 1.29 is 13.2 Å². The van der Waals surface area contributed by atoms with Gasteiger partial charge < -0.3 is 0 Å². The largest absolute Gasteiger partial charge is 0.279 e. The molecule has 0 aromatic heterocycles. The van der Waals surface area contributed by atoms with Crippen molar-refractivity contribution >= 4 is 60.1 Å². The van der Waals surface area contributed by atoms with E-state index in [9.17, 15) is 13.2 Å². The van der Waals surface area contributed by atoms with Crippen LogP contribution >= 0.6 is 39.1 Å². The highest BCUT2D eigenvalue weighted by molar-refractivity contribution is 9.10. The monoisotopic (exact) mass is 421 g/mol. The number of anilines is 1. The van der Waals surface area contributed by atoms with Crippen LogP contribution in [-0.2, 0) is 14.8 Å². The van der Waals surface area contributed by atoms with Crippen molar-refractivity contribution in [2.24, 2.45) is 0 Å². The standard InChI is InChI=1S/C14H10BrCl2NO3S/c15-10-6-7-13(12(16)8-10)18(9-14(17)19)22(20,21)11-4-2-1-3-5-11/h1-8H,9H2. The van der Waals surface area contributed by atoms with E-state index in [-0.39, 0.29) is 15.6 Å². The van der Waals surface area contributed by atoms with Crippen LogP contribution in [0.1, 0.15) is 0 Å². The molecule has 22 heavy (non-hydrogen) atoms. The number of sulfonamides is 1. The lowest BCUT2D eigenvalue weighted by atomic mass is 10.3. The van der Waals surface area contributed by atoms with E-state index in [1.54, 1.807) is 30.3 Å². The molecule has 8 heteroatoms. The third-order valence-corrected chi connectivity index (χ3v) is 5.47. The third-order valence-electron chi connectivity index (χ3n) is 2.78. The molecule has 0 N–H and O–H groups in total. The molecule has 0 heterocycles. The molecule has 0 saturated heterocycles. The van der Waals surface area contributed by atoms with Gasteiger partial charge in [-0.2, -0.15) is 0 Å². The lowest BCUT2D eigenvalue weighted by Crippen LogP contribution is -2.34.